The zero-order valence-corrected chi connectivity index (χ0v) is 18.4. The van der Waals surface area contributed by atoms with Gasteiger partial charge in [-0.2, -0.15) is 0 Å². The van der Waals surface area contributed by atoms with E-state index < -0.39 is 11.7 Å². The van der Waals surface area contributed by atoms with Crippen LogP contribution in [0, 0.1) is 5.82 Å². The summed E-state index contributed by atoms with van der Waals surface area (Å²) >= 11 is 1.22. The average Bonchev–Trinajstić information content (AvgIpc) is 3.12. The number of hydrogen-bond donors (Lipinski definition) is 2. The van der Waals surface area contributed by atoms with Crippen molar-refractivity contribution in [2.45, 2.75) is 52.6 Å². The molecular formula is C21H27FN4O3S. The molecule has 2 aromatic rings. The molecule has 0 bridgehead atoms. The second-order valence-corrected chi connectivity index (χ2v) is 8.14. The lowest BCUT2D eigenvalue weighted by Gasteiger charge is -2.26. The summed E-state index contributed by atoms with van der Waals surface area (Å²) in [6, 6.07) is 5.06. The number of anilines is 1. The maximum Gasteiger partial charge on any atom is 0.254 e. The van der Waals surface area contributed by atoms with Gasteiger partial charge in [-0.25, -0.2) is 9.37 Å². The minimum absolute atomic E-state index is 0.0935. The number of halogens is 1. The van der Waals surface area contributed by atoms with E-state index in [2.05, 4.69) is 15.6 Å². The van der Waals surface area contributed by atoms with Crippen LogP contribution >= 0.6 is 11.3 Å². The lowest BCUT2D eigenvalue weighted by Crippen LogP contribution is -2.42. The Morgan fingerprint density at radius 1 is 1.13 bits per heavy atom. The first-order valence-corrected chi connectivity index (χ1v) is 10.7. The van der Waals surface area contributed by atoms with Crippen molar-refractivity contribution in [2.24, 2.45) is 0 Å². The van der Waals surface area contributed by atoms with Crippen molar-refractivity contribution in [1.82, 2.24) is 15.2 Å². The van der Waals surface area contributed by atoms with Gasteiger partial charge in [-0.15, -0.1) is 11.3 Å². The second kappa shape index (κ2) is 10.8. The van der Waals surface area contributed by atoms with Crippen molar-refractivity contribution < 1.29 is 18.8 Å². The molecule has 1 atom stereocenters. The van der Waals surface area contributed by atoms with Crippen LogP contribution < -0.4 is 10.6 Å². The van der Waals surface area contributed by atoms with E-state index in [9.17, 15) is 18.8 Å². The molecule has 0 aliphatic rings. The largest absolute Gasteiger partial charge is 0.353 e. The Bertz CT molecular complexity index is 883. The fourth-order valence-electron chi connectivity index (χ4n) is 2.60. The second-order valence-electron chi connectivity index (χ2n) is 7.28. The number of nitrogens with one attached hydrogen (secondary N) is 2. The van der Waals surface area contributed by atoms with Crippen LogP contribution in [0.1, 0.15) is 50.2 Å². The summed E-state index contributed by atoms with van der Waals surface area (Å²) in [6.07, 6.45) is 0.977. The van der Waals surface area contributed by atoms with Crippen molar-refractivity contribution in [3.63, 3.8) is 0 Å². The van der Waals surface area contributed by atoms with E-state index in [1.165, 1.54) is 40.5 Å². The Morgan fingerprint density at radius 2 is 1.80 bits per heavy atom. The number of aromatic nitrogens is 1. The van der Waals surface area contributed by atoms with Gasteiger partial charge in [0.25, 0.3) is 5.91 Å². The van der Waals surface area contributed by atoms with Gasteiger partial charge >= 0.3 is 0 Å². The number of rotatable bonds is 9. The third kappa shape index (κ3) is 6.91. The van der Waals surface area contributed by atoms with Crippen LogP contribution in [-0.2, 0) is 16.0 Å². The monoisotopic (exact) mass is 434 g/mol. The summed E-state index contributed by atoms with van der Waals surface area (Å²) in [4.78, 5) is 42.8. The van der Waals surface area contributed by atoms with Crippen LogP contribution in [-0.4, -0.2) is 46.2 Å². The summed E-state index contributed by atoms with van der Waals surface area (Å²) in [6.45, 7) is 7.34. The first-order chi connectivity index (χ1) is 14.2. The van der Waals surface area contributed by atoms with Crippen LogP contribution in [0.5, 0.6) is 0 Å². The van der Waals surface area contributed by atoms with E-state index in [-0.39, 0.29) is 36.9 Å². The normalized spacial score (nSPS) is 11.8. The Kier molecular flexibility index (Phi) is 8.46. The highest BCUT2D eigenvalue weighted by molar-refractivity contribution is 7.13. The fourth-order valence-corrected chi connectivity index (χ4v) is 3.33. The molecular weight excluding hydrogens is 407 g/mol. The van der Waals surface area contributed by atoms with Crippen LogP contribution in [0.25, 0.3) is 0 Å². The van der Waals surface area contributed by atoms with Crippen LogP contribution in [0.2, 0.25) is 0 Å². The van der Waals surface area contributed by atoms with Gasteiger partial charge in [-0.1, -0.05) is 6.92 Å². The maximum absolute atomic E-state index is 13.1. The molecule has 0 spiro atoms. The number of carbonyl (C=O) groups excluding carboxylic acids is 3. The average molecular weight is 435 g/mol. The number of benzene rings is 1. The third-order valence-electron chi connectivity index (χ3n) is 4.45. The molecule has 2 N–H and O–H groups in total. The zero-order valence-electron chi connectivity index (χ0n) is 17.6. The first kappa shape index (κ1) is 23.5. The smallest absolute Gasteiger partial charge is 0.254 e. The topological polar surface area (TPSA) is 91.4 Å². The van der Waals surface area contributed by atoms with E-state index in [1.54, 1.807) is 19.2 Å². The minimum atomic E-state index is -0.433. The Balaban J connectivity index is 1.96. The molecule has 1 aromatic carbocycles. The highest BCUT2D eigenvalue weighted by Gasteiger charge is 2.22. The summed E-state index contributed by atoms with van der Waals surface area (Å²) in [5.74, 6) is -1.31. The van der Waals surface area contributed by atoms with Gasteiger partial charge in [0.05, 0.1) is 12.1 Å². The molecule has 2 rings (SSSR count). The summed E-state index contributed by atoms with van der Waals surface area (Å²) in [5, 5.41) is 7.62. The van der Waals surface area contributed by atoms with Crippen LogP contribution in [0.4, 0.5) is 9.52 Å². The van der Waals surface area contributed by atoms with Gasteiger partial charge in [-0.05, 0) is 51.5 Å². The fraction of sp³-hybridized carbons (Fsp3) is 0.429. The quantitative estimate of drug-likeness (QED) is 0.634. The molecule has 3 amide bonds. The van der Waals surface area contributed by atoms with E-state index in [4.69, 9.17) is 0 Å². The minimum Gasteiger partial charge on any atom is -0.353 e. The van der Waals surface area contributed by atoms with E-state index >= 15 is 0 Å². The number of thiazole rings is 1. The molecule has 0 saturated carbocycles. The lowest BCUT2D eigenvalue weighted by molar-refractivity contribution is -0.121. The predicted octanol–water partition coefficient (Wildman–Crippen LogP) is 3.23. The van der Waals surface area contributed by atoms with E-state index in [0.717, 1.165) is 6.42 Å². The van der Waals surface area contributed by atoms with Crippen molar-refractivity contribution >= 4 is 34.2 Å². The molecule has 0 aliphatic carbocycles. The Morgan fingerprint density at radius 3 is 2.40 bits per heavy atom. The first-order valence-electron chi connectivity index (χ1n) is 9.79. The van der Waals surface area contributed by atoms with E-state index in [0.29, 0.717) is 16.4 Å². The molecule has 0 saturated heterocycles. The molecule has 30 heavy (non-hydrogen) atoms. The molecule has 9 heteroatoms. The van der Waals surface area contributed by atoms with Crippen molar-refractivity contribution in [3.8, 4) is 0 Å². The summed E-state index contributed by atoms with van der Waals surface area (Å²) in [5.41, 5.74) is 0.876. The molecule has 1 aromatic heterocycles. The van der Waals surface area contributed by atoms with Gasteiger partial charge in [0.2, 0.25) is 11.8 Å². The molecule has 1 unspecified atom stereocenters. The highest BCUT2D eigenvalue weighted by Crippen LogP contribution is 2.17. The Labute approximate surface area is 179 Å². The number of amides is 3. The molecule has 7 nitrogen and oxygen atoms in total. The number of carbonyl (C=O) groups is 3. The summed E-state index contributed by atoms with van der Waals surface area (Å²) < 4.78 is 13.1. The van der Waals surface area contributed by atoms with Gasteiger partial charge in [0, 0.05) is 23.0 Å². The van der Waals surface area contributed by atoms with Crippen molar-refractivity contribution in [2.75, 3.05) is 11.9 Å². The van der Waals surface area contributed by atoms with E-state index in [1.807, 2.05) is 13.8 Å². The molecule has 162 valence electrons. The van der Waals surface area contributed by atoms with Gasteiger partial charge in [0.15, 0.2) is 5.13 Å². The van der Waals surface area contributed by atoms with Gasteiger partial charge in [-0.3, -0.25) is 14.4 Å². The van der Waals surface area contributed by atoms with Gasteiger partial charge in [0.1, 0.15) is 12.4 Å². The maximum atomic E-state index is 13.1. The van der Waals surface area contributed by atoms with Crippen LogP contribution in [0.3, 0.4) is 0 Å². The summed E-state index contributed by atoms with van der Waals surface area (Å²) in [7, 11) is 0. The molecule has 1 heterocycles. The standard InChI is InChI=1S/C21H27FN4O3S/c1-5-14(4)23-18(27)10-17-12-30-21(24-17)25-19(28)11-26(13(2)3)20(29)15-6-8-16(22)9-7-15/h6-9,12-14H,5,10-11H2,1-4H3,(H,23,27)(H,24,25,28). The SMILES string of the molecule is CCC(C)NC(=O)Cc1csc(NC(=O)CN(C(=O)c2ccc(F)cc2)C(C)C)n1. The third-order valence-corrected chi connectivity index (χ3v) is 5.26. The highest BCUT2D eigenvalue weighted by atomic mass is 32.1. The number of hydrogen-bond acceptors (Lipinski definition) is 5. The molecule has 0 fully saturated rings. The molecule has 0 aliphatic heterocycles. The lowest BCUT2D eigenvalue weighted by atomic mass is 10.1. The number of nitrogens with zero attached hydrogens (tertiary/aromatic N) is 2. The predicted molar refractivity (Wildman–Crippen MR) is 115 cm³/mol. The Hall–Kier alpha value is -2.81. The molecule has 0 radical (unpaired) electrons. The van der Waals surface area contributed by atoms with Gasteiger partial charge < -0.3 is 15.5 Å². The zero-order chi connectivity index (χ0) is 22.3. The van der Waals surface area contributed by atoms with Crippen molar-refractivity contribution in [1.29, 1.82) is 0 Å². The van der Waals surface area contributed by atoms with Crippen molar-refractivity contribution in [3.05, 3.63) is 46.7 Å². The van der Waals surface area contributed by atoms with Crippen LogP contribution in [0.15, 0.2) is 29.6 Å².